The number of anilines is 1. The molecule has 1 fully saturated rings. The summed E-state index contributed by atoms with van der Waals surface area (Å²) in [6, 6.07) is 16.9. The second kappa shape index (κ2) is 8.70. The first-order valence-corrected chi connectivity index (χ1v) is 10.3. The van der Waals surface area contributed by atoms with Gasteiger partial charge in [0.15, 0.2) is 0 Å². The van der Waals surface area contributed by atoms with Gasteiger partial charge in [0.1, 0.15) is 0 Å². The summed E-state index contributed by atoms with van der Waals surface area (Å²) in [6.45, 7) is 1.94. The van der Waals surface area contributed by atoms with E-state index in [1.807, 2.05) is 20.2 Å². The lowest BCUT2D eigenvalue weighted by Gasteiger charge is -2.24. The Hall–Kier alpha value is -2.79. The molecule has 0 spiro atoms. The van der Waals surface area contributed by atoms with Crippen molar-refractivity contribution in [2.45, 2.75) is 18.8 Å². The van der Waals surface area contributed by atoms with Gasteiger partial charge in [-0.1, -0.05) is 30.3 Å². The lowest BCUT2D eigenvalue weighted by atomic mass is 9.90. The molecule has 5 nitrogen and oxygen atoms in total. The number of H-pyrrole nitrogens is 1. The van der Waals surface area contributed by atoms with E-state index in [0.717, 1.165) is 24.0 Å². The van der Waals surface area contributed by atoms with Gasteiger partial charge in [-0.15, -0.1) is 0 Å². The molecule has 1 atom stereocenters. The smallest absolute Gasteiger partial charge is 0.223 e. The standard InChI is InChI=1S/C24H29N3O2/c1-27(2)19-9-7-17(8-10-19)21(15-26-24(28)18-11-13-29-14-12-18)22-16-25-23-6-4-3-5-20(22)23/h3-10,16,18,21,25H,11-15H2,1-2H3,(H,26,28). The quantitative estimate of drug-likeness (QED) is 0.670. The average molecular weight is 392 g/mol. The summed E-state index contributed by atoms with van der Waals surface area (Å²) in [4.78, 5) is 18.2. The third-order valence-corrected chi connectivity index (χ3v) is 5.88. The van der Waals surface area contributed by atoms with Gasteiger partial charge < -0.3 is 19.9 Å². The molecule has 1 aromatic heterocycles. The summed E-state index contributed by atoms with van der Waals surface area (Å²) in [5, 5.41) is 4.43. The van der Waals surface area contributed by atoms with Crippen LogP contribution in [0.2, 0.25) is 0 Å². The molecule has 2 aromatic carbocycles. The highest BCUT2D eigenvalue weighted by Crippen LogP contribution is 2.31. The molecular formula is C24H29N3O2. The summed E-state index contributed by atoms with van der Waals surface area (Å²) in [5.74, 6) is 0.290. The number of hydrogen-bond acceptors (Lipinski definition) is 3. The van der Waals surface area contributed by atoms with Gasteiger partial charge in [-0.3, -0.25) is 4.79 Å². The van der Waals surface area contributed by atoms with E-state index in [9.17, 15) is 4.79 Å². The van der Waals surface area contributed by atoms with Gasteiger partial charge in [0.05, 0.1) is 0 Å². The van der Waals surface area contributed by atoms with E-state index in [2.05, 4.69) is 63.9 Å². The van der Waals surface area contributed by atoms with Crippen molar-refractivity contribution in [3.05, 3.63) is 65.9 Å². The van der Waals surface area contributed by atoms with Crippen LogP contribution in [0.1, 0.15) is 29.9 Å². The van der Waals surface area contributed by atoms with E-state index in [1.54, 1.807) is 0 Å². The van der Waals surface area contributed by atoms with E-state index in [0.29, 0.717) is 19.8 Å². The van der Waals surface area contributed by atoms with Crippen molar-refractivity contribution >= 4 is 22.5 Å². The maximum atomic E-state index is 12.7. The van der Waals surface area contributed by atoms with Gasteiger partial charge in [0, 0.05) is 68.5 Å². The molecule has 2 N–H and O–H groups in total. The molecule has 1 aliphatic heterocycles. The Morgan fingerprint density at radius 1 is 1.14 bits per heavy atom. The third kappa shape index (κ3) is 4.30. The monoisotopic (exact) mass is 391 g/mol. The Morgan fingerprint density at radius 3 is 2.59 bits per heavy atom. The van der Waals surface area contributed by atoms with E-state index in [-0.39, 0.29) is 17.7 Å². The zero-order valence-corrected chi connectivity index (χ0v) is 17.2. The molecule has 0 radical (unpaired) electrons. The first-order chi connectivity index (χ1) is 14.1. The highest BCUT2D eigenvalue weighted by Gasteiger charge is 2.24. The SMILES string of the molecule is CN(C)c1ccc(C(CNC(=O)C2CCOCC2)c2c[nH]c3ccccc23)cc1. The van der Waals surface area contributed by atoms with Crippen molar-refractivity contribution < 1.29 is 9.53 Å². The van der Waals surface area contributed by atoms with E-state index in [1.165, 1.54) is 16.5 Å². The molecule has 0 bridgehead atoms. The van der Waals surface area contributed by atoms with Crippen LogP contribution in [-0.2, 0) is 9.53 Å². The van der Waals surface area contributed by atoms with Gasteiger partial charge in [-0.05, 0) is 42.2 Å². The second-order valence-electron chi connectivity index (χ2n) is 7.96. The van der Waals surface area contributed by atoms with E-state index < -0.39 is 0 Å². The number of benzene rings is 2. The number of aromatic nitrogens is 1. The number of nitrogens with one attached hydrogen (secondary N) is 2. The van der Waals surface area contributed by atoms with Crippen LogP contribution in [0.4, 0.5) is 5.69 Å². The van der Waals surface area contributed by atoms with Crippen molar-refractivity contribution in [1.82, 2.24) is 10.3 Å². The zero-order valence-electron chi connectivity index (χ0n) is 17.2. The van der Waals surface area contributed by atoms with Gasteiger partial charge in [0.2, 0.25) is 5.91 Å². The minimum atomic E-state index is 0.0588. The normalized spacial score (nSPS) is 15.9. The number of carbonyl (C=O) groups excluding carboxylic acids is 1. The average Bonchev–Trinajstić information content (AvgIpc) is 3.19. The number of amides is 1. The number of hydrogen-bond donors (Lipinski definition) is 2. The van der Waals surface area contributed by atoms with Gasteiger partial charge in [0.25, 0.3) is 0 Å². The number of para-hydroxylation sites is 1. The summed E-state index contributed by atoms with van der Waals surface area (Å²) in [6.07, 6.45) is 3.69. The van der Waals surface area contributed by atoms with Gasteiger partial charge in [-0.2, -0.15) is 0 Å². The van der Waals surface area contributed by atoms with E-state index in [4.69, 9.17) is 4.74 Å². The summed E-state index contributed by atoms with van der Waals surface area (Å²) in [7, 11) is 4.08. The number of carbonyl (C=O) groups is 1. The van der Waals surface area contributed by atoms with Crippen LogP contribution in [0.15, 0.2) is 54.7 Å². The van der Waals surface area contributed by atoms with Crippen LogP contribution in [0.3, 0.4) is 0 Å². The molecule has 0 aliphatic carbocycles. The first-order valence-electron chi connectivity index (χ1n) is 10.3. The second-order valence-corrected chi connectivity index (χ2v) is 7.96. The molecule has 1 aliphatic rings. The number of nitrogens with zero attached hydrogens (tertiary/aromatic N) is 1. The van der Waals surface area contributed by atoms with Crippen LogP contribution in [-0.4, -0.2) is 44.7 Å². The number of rotatable bonds is 6. The van der Waals surface area contributed by atoms with Crippen LogP contribution in [0.25, 0.3) is 10.9 Å². The zero-order chi connectivity index (χ0) is 20.2. The molecule has 2 heterocycles. The molecule has 4 rings (SSSR count). The molecule has 29 heavy (non-hydrogen) atoms. The Balaban J connectivity index is 1.61. The Bertz CT molecular complexity index is 956. The van der Waals surface area contributed by atoms with Gasteiger partial charge >= 0.3 is 0 Å². The molecule has 152 valence electrons. The fourth-order valence-electron chi connectivity index (χ4n) is 4.10. The fourth-order valence-corrected chi connectivity index (χ4v) is 4.10. The Kier molecular flexibility index (Phi) is 5.86. The highest BCUT2D eigenvalue weighted by molar-refractivity contribution is 5.84. The van der Waals surface area contributed by atoms with E-state index >= 15 is 0 Å². The van der Waals surface area contributed by atoms with Crippen LogP contribution in [0.5, 0.6) is 0 Å². The lowest BCUT2D eigenvalue weighted by molar-refractivity contribution is -0.127. The van der Waals surface area contributed by atoms with Crippen LogP contribution in [0, 0.1) is 5.92 Å². The summed E-state index contributed by atoms with van der Waals surface area (Å²) in [5.41, 5.74) is 4.70. The number of fused-ring (bicyclic) bond motifs is 1. The van der Waals surface area contributed by atoms with Crippen LogP contribution < -0.4 is 10.2 Å². The van der Waals surface area contributed by atoms with Gasteiger partial charge in [-0.25, -0.2) is 0 Å². The lowest BCUT2D eigenvalue weighted by Crippen LogP contribution is -2.36. The van der Waals surface area contributed by atoms with Crippen molar-refractivity contribution in [3.8, 4) is 0 Å². The van der Waals surface area contributed by atoms with Crippen molar-refractivity contribution in [2.75, 3.05) is 38.8 Å². The molecule has 1 amide bonds. The highest BCUT2D eigenvalue weighted by atomic mass is 16.5. The largest absolute Gasteiger partial charge is 0.381 e. The first kappa shape index (κ1) is 19.5. The topological polar surface area (TPSA) is 57.4 Å². The minimum Gasteiger partial charge on any atom is -0.381 e. The number of aromatic amines is 1. The molecule has 5 heteroatoms. The predicted octanol–water partition coefficient (Wildman–Crippen LogP) is 3.91. The van der Waals surface area contributed by atoms with Crippen molar-refractivity contribution in [1.29, 1.82) is 0 Å². The maximum Gasteiger partial charge on any atom is 0.223 e. The summed E-state index contributed by atoms with van der Waals surface area (Å²) >= 11 is 0. The molecule has 0 saturated carbocycles. The van der Waals surface area contributed by atoms with Crippen molar-refractivity contribution in [2.24, 2.45) is 5.92 Å². The predicted molar refractivity (Wildman–Crippen MR) is 117 cm³/mol. The Morgan fingerprint density at radius 2 is 1.86 bits per heavy atom. The minimum absolute atomic E-state index is 0.0588. The molecule has 3 aromatic rings. The Labute approximate surface area is 172 Å². The van der Waals surface area contributed by atoms with Crippen molar-refractivity contribution in [3.63, 3.8) is 0 Å². The third-order valence-electron chi connectivity index (χ3n) is 5.88. The van der Waals surface area contributed by atoms with Crippen LogP contribution >= 0.6 is 0 Å². The fraction of sp³-hybridized carbons (Fsp3) is 0.375. The molecule has 1 saturated heterocycles. The summed E-state index contributed by atoms with van der Waals surface area (Å²) < 4.78 is 5.39. The molecule has 1 unspecified atom stereocenters. The molecular weight excluding hydrogens is 362 g/mol. The number of ether oxygens (including phenoxy) is 1. The maximum absolute atomic E-state index is 12.7.